The maximum Gasteiger partial charge on any atom is 0.251 e. The van der Waals surface area contributed by atoms with E-state index in [0.29, 0.717) is 35.8 Å². The molecule has 28 heavy (non-hydrogen) atoms. The molecule has 0 saturated heterocycles. The van der Waals surface area contributed by atoms with E-state index in [1.807, 2.05) is 0 Å². The molecule has 7 heteroatoms. The zero-order valence-corrected chi connectivity index (χ0v) is 15.5. The molecule has 3 rings (SSSR count). The van der Waals surface area contributed by atoms with Crippen LogP contribution < -0.4 is 10.6 Å². The van der Waals surface area contributed by atoms with Gasteiger partial charge in [0.15, 0.2) is 0 Å². The fourth-order valence-electron chi connectivity index (χ4n) is 2.60. The smallest absolute Gasteiger partial charge is 0.251 e. The summed E-state index contributed by atoms with van der Waals surface area (Å²) in [6.45, 7) is 1.18. The first-order valence-electron chi connectivity index (χ1n) is 8.88. The van der Waals surface area contributed by atoms with Crippen LogP contribution in [0.15, 0.2) is 60.9 Å². The number of amides is 1. The number of rotatable bonds is 8. The van der Waals surface area contributed by atoms with Crippen molar-refractivity contribution >= 4 is 17.4 Å². The van der Waals surface area contributed by atoms with Gasteiger partial charge in [-0.1, -0.05) is 12.1 Å². The Hall–Kier alpha value is -3.32. The molecular weight excluding hydrogens is 359 g/mol. The van der Waals surface area contributed by atoms with Crippen LogP contribution in [0.2, 0.25) is 0 Å². The lowest BCUT2D eigenvalue weighted by Crippen LogP contribution is -2.25. The van der Waals surface area contributed by atoms with Crippen molar-refractivity contribution in [3.05, 3.63) is 72.3 Å². The molecule has 0 aliphatic carbocycles. The number of halogens is 1. The van der Waals surface area contributed by atoms with Crippen molar-refractivity contribution in [3.8, 4) is 11.3 Å². The van der Waals surface area contributed by atoms with Gasteiger partial charge >= 0.3 is 0 Å². The predicted octanol–water partition coefficient (Wildman–Crippen LogP) is 3.79. The second kappa shape index (κ2) is 9.57. The molecule has 0 radical (unpaired) electrons. The summed E-state index contributed by atoms with van der Waals surface area (Å²) in [4.78, 5) is 20.5. The van der Waals surface area contributed by atoms with Gasteiger partial charge in [0.25, 0.3) is 5.91 Å². The summed E-state index contributed by atoms with van der Waals surface area (Å²) in [6, 6.07) is 15.1. The molecular formula is C21H21FN4O2. The van der Waals surface area contributed by atoms with Crippen molar-refractivity contribution in [1.29, 1.82) is 0 Å². The third-order valence-electron chi connectivity index (χ3n) is 4.02. The van der Waals surface area contributed by atoms with Crippen molar-refractivity contribution in [1.82, 2.24) is 15.3 Å². The normalized spacial score (nSPS) is 10.5. The third-order valence-corrected chi connectivity index (χ3v) is 4.02. The minimum absolute atomic E-state index is 0.127. The Bertz CT molecular complexity index is 932. The van der Waals surface area contributed by atoms with Crippen LogP contribution in [-0.4, -0.2) is 36.1 Å². The van der Waals surface area contributed by atoms with Crippen LogP contribution in [0.5, 0.6) is 0 Å². The summed E-state index contributed by atoms with van der Waals surface area (Å²) in [6.07, 6.45) is 2.19. The molecule has 0 aliphatic heterocycles. The van der Waals surface area contributed by atoms with Crippen LogP contribution in [0.25, 0.3) is 11.3 Å². The quantitative estimate of drug-likeness (QED) is 0.582. The van der Waals surface area contributed by atoms with Gasteiger partial charge in [-0.3, -0.25) is 4.79 Å². The van der Waals surface area contributed by atoms with Crippen molar-refractivity contribution < 1.29 is 13.9 Å². The van der Waals surface area contributed by atoms with Crippen molar-refractivity contribution in [3.63, 3.8) is 0 Å². The number of hydrogen-bond donors (Lipinski definition) is 2. The Labute approximate surface area is 162 Å². The Kier molecular flexibility index (Phi) is 6.64. The van der Waals surface area contributed by atoms with Gasteiger partial charge in [0, 0.05) is 43.1 Å². The van der Waals surface area contributed by atoms with E-state index in [9.17, 15) is 9.18 Å². The largest absolute Gasteiger partial charge is 0.385 e. The first-order chi connectivity index (χ1) is 13.7. The molecule has 2 aromatic carbocycles. The molecule has 0 spiro atoms. The molecule has 144 valence electrons. The SMILES string of the molecule is COCCCNC(=O)c1ccc(Nc2cc(-c3cccc(F)c3)ncn2)cc1. The highest BCUT2D eigenvalue weighted by Gasteiger charge is 2.06. The van der Waals surface area contributed by atoms with E-state index in [4.69, 9.17) is 4.74 Å². The lowest BCUT2D eigenvalue weighted by atomic mass is 10.1. The molecule has 2 N–H and O–H groups in total. The van der Waals surface area contributed by atoms with E-state index in [1.165, 1.54) is 18.5 Å². The number of hydrogen-bond acceptors (Lipinski definition) is 5. The number of benzene rings is 2. The van der Waals surface area contributed by atoms with Gasteiger partial charge < -0.3 is 15.4 Å². The topological polar surface area (TPSA) is 76.1 Å². The molecule has 3 aromatic rings. The van der Waals surface area contributed by atoms with Gasteiger partial charge in [0.05, 0.1) is 5.69 Å². The van der Waals surface area contributed by atoms with Crippen LogP contribution >= 0.6 is 0 Å². The Morgan fingerprint density at radius 3 is 2.68 bits per heavy atom. The van der Waals surface area contributed by atoms with E-state index in [1.54, 1.807) is 49.6 Å². The zero-order valence-electron chi connectivity index (χ0n) is 15.5. The molecule has 0 fully saturated rings. The number of carbonyl (C=O) groups excluding carboxylic acids is 1. The fraction of sp³-hybridized carbons (Fsp3) is 0.190. The lowest BCUT2D eigenvalue weighted by Gasteiger charge is -2.09. The zero-order chi connectivity index (χ0) is 19.8. The van der Waals surface area contributed by atoms with Crippen molar-refractivity contribution in [2.24, 2.45) is 0 Å². The highest BCUT2D eigenvalue weighted by molar-refractivity contribution is 5.94. The molecule has 0 bridgehead atoms. The van der Waals surface area contributed by atoms with Crippen LogP contribution in [-0.2, 0) is 4.74 Å². The van der Waals surface area contributed by atoms with E-state index >= 15 is 0 Å². The number of anilines is 2. The second-order valence-corrected chi connectivity index (χ2v) is 6.10. The first-order valence-corrected chi connectivity index (χ1v) is 8.88. The van der Waals surface area contributed by atoms with Crippen LogP contribution in [0.4, 0.5) is 15.9 Å². The number of methoxy groups -OCH3 is 1. The van der Waals surface area contributed by atoms with Crippen LogP contribution in [0, 0.1) is 5.82 Å². The summed E-state index contributed by atoms with van der Waals surface area (Å²) in [5.41, 5.74) is 2.64. The molecule has 0 unspecified atom stereocenters. The van der Waals surface area contributed by atoms with Gasteiger partial charge in [0.2, 0.25) is 0 Å². The summed E-state index contributed by atoms with van der Waals surface area (Å²) < 4.78 is 18.4. The lowest BCUT2D eigenvalue weighted by molar-refractivity contribution is 0.0948. The highest BCUT2D eigenvalue weighted by atomic mass is 19.1. The molecule has 6 nitrogen and oxygen atoms in total. The Morgan fingerprint density at radius 1 is 1.11 bits per heavy atom. The highest BCUT2D eigenvalue weighted by Crippen LogP contribution is 2.22. The summed E-state index contributed by atoms with van der Waals surface area (Å²) >= 11 is 0. The second-order valence-electron chi connectivity index (χ2n) is 6.10. The number of nitrogens with one attached hydrogen (secondary N) is 2. The van der Waals surface area contributed by atoms with E-state index in [2.05, 4.69) is 20.6 Å². The standard InChI is InChI=1S/C21H21FN4O2/c1-28-11-3-10-23-21(27)15-6-8-18(9-7-15)26-20-13-19(24-14-25-20)16-4-2-5-17(22)12-16/h2,4-9,12-14H,3,10-11H2,1H3,(H,23,27)(H,24,25,26). The van der Waals surface area contributed by atoms with Crippen molar-refractivity contribution in [2.45, 2.75) is 6.42 Å². The molecule has 1 heterocycles. The Balaban J connectivity index is 1.64. The Morgan fingerprint density at radius 2 is 1.93 bits per heavy atom. The maximum absolute atomic E-state index is 13.4. The van der Waals surface area contributed by atoms with E-state index in [-0.39, 0.29) is 11.7 Å². The average molecular weight is 380 g/mol. The minimum Gasteiger partial charge on any atom is -0.385 e. The predicted molar refractivity (Wildman–Crippen MR) is 106 cm³/mol. The number of nitrogens with zero attached hydrogens (tertiary/aromatic N) is 2. The van der Waals surface area contributed by atoms with Crippen molar-refractivity contribution in [2.75, 3.05) is 25.6 Å². The van der Waals surface area contributed by atoms with E-state index < -0.39 is 0 Å². The third kappa shape index (κ3) is 5.34. The molecule has 1 amide bonds. The summed E-state index contributed by atoms with van der Waals surface area (Å²) in [5, 5.41) is 6.00. The fourth-order valence-corrected chi connectivity index (χ4v) is 2.60. The van der Waals surface area contributed by atoms with Gasteiger partial charge in [-0.2, -0.15) is 0 Å². The summed E-state index contributed by atoms with van der Waals surface area (Å²) in [5.74, 6) is 0.130. The van der Waals surface area contributed by atoms with Gasteiger partial charge in [0.1, 0.15) is 18.0 Å². The minimum atomic E-state index is -0.318. The van der Waals surface area contributed by atoms with Gasteiger partial charge in [-0.05, 0) is 42.8 Å². The van der Waals surface area contributed by atoms with E-state index in [0.717, 1.165) is 12.1 Å². The maximum atomic E-state index is 13.4. The molecule has 0 aliphatic rings. The summed E-state index contributed by atoms with van der Waals surface area (Å²) in [7, 11) is 1.63. The number of aromatic nitrogens is 2. The molecule has 0 saturated carbocycles. The van der Waals surface area contributed by atoms with Gasteiger partial charge in [-0.15, -0.1) is 0 Å². The number of ether oxygens (including phenoxy) is 1. The monoisotopic (exact) mass is 380 g/mol. The van der Waals surface area contributed by atoms with Crippen LogP contribution in [0.3, 0.4) is 0 Å². The van der Waals surface area contributed by atoms with Gasteiger partial charge in [-0.25, -0.2) is 14.4 Å². The number of carbonyl (C=O) groups is 1. The van der Waals surface area contributed by atoms with Crippen LogP contribution in [0.1, 0.15) is 16.8 Å². The average Bonchev–Trinajstić information content (AvgIpc) is 2.72. The molecule has 0 atom stereocenters. The molecule has 1 aromatic heterocycles. The first kappa shape index (κ1) is 19.4.